The van der Waals surface area contributed by atoms with Crippen LogP contribution in [0.2, 0.25) is 0 Å². The van der Waals surface area contributed by atoms with Gasteiger partial charge in [0.15, 0.2) is 0 Å². The molecule has 0 radical (unpaired) electrons. The number of nitrogens with one attached hydrogen (secondary N) is 1. The van der Waals surface area contributed by atoms with E-state index in [9.17, 15) is 0 Å². The Morgan fingerprint density at radius 2 is 1.73 bits per heavy atom. The quantitative estimate of drug-likeness (QED) is 0.729. The van der Waals surface area contributed by atoms with Gasteiger partial charge >= 0.3 is 0 Å². The van der Waals surface area contributed by atoms with E-state index in [2.05, 4.69) is 19.3 Å². The zero-order valence-corrected chi connectivity index (χ0v) is 10.5. The molecule has 2 aliphatic rings. The Morgan fingerprint density at radius 3 is 2.27 bits per heavy atom. The summed E-state index contributed by atoms with van der Waals surface area (Å²) in [6, 6.07) is 0.818. The minimum atomic E-state index is 0.818. The Kier molecular flexibility index (Phi) is 4.07. The standard InChI is InChI=1S/C14H27N/c1-11-3-8-13(9-4-11)14(15-2)10-7-12-5-6-12/h11-15H,3-10H2,1-2H3. The summed E-state index contributed by atoms with van der Waals surface area (Å²) in [6.45, 7) is 2.41. The minimum absolute atomic E-state index is 0.818. The van der Waals surface area contributed by atoms with Crippen molar-refractivity contribution < 1.29 is 0 Å². The molecule has 0 aliphatic heterocycles. The van der Waals surface area contributed by atoms with Gasteiger partial charge in [-0.1, -0.05) is 32.6 Å². The van der Waals surface area contributed by atoms with E-state index in [0.717, 1.165) is 23.8 Å². The molecule has 1 nitrogen and oxygen atoms in total. The molecule has 2 fully saturated rings. The molecular formula is C14H27N. The van der Waals surface area contributed by atoms with Crippen LogP contribution < -0.4 is 5.32 Å². The Morgan fingerprint density at radius 1 is 1.07 bits per heavy atom. The lowest BCUT2D eigenvalue weighted by atomic mass is 9.78. The van der Waals surface area contributed by atoms with E-state index in [4.69, 9.17) is 0 Å². The van der Waals surface area contributed by atoms with Crippen molar-refractivity contribution in [2.24, 2.45) is 17.8 Å². The Bertz CT molecular complexity index is 178. The van der Waals surface area contributed by atoms with Crippen LogP contribution >= 0.6 is 0 Å². The molecule has 88 valence electrons. The van der Waals surface area contributed by atoms with Crippen molar-refractivity contribution in [2.75, 3.05) is 7.05 Å². The maximum atomic E-state index is 3.57. The first kappa shape index (κ1) is 11.4. The van der Waals surface area contributed by atoms with Crippen molar-refractivity contribution in [3.8, 4) is 0 Å². The van der Waals surface area contributed by atoms with Gasteiger partial charge in [-0.3, -0.25) is 0 Å². The maximum absolute atomic E-state index is 3.57. The molecule has 1 atom stereocenters. The van der Waals surface area contributed by atoms with Gasteiger partial charge in [0.1, 0.15) is 0 Å². The van der Waals surface area contributed by atoms with E-state index in [-0.39, 0.29) is 0 Å². The average molecular weight is 209 g/mol. The summed E-state index contributed by atoms with van der Waals surface area (Å²) in [5.74, 6) is 3.07. The highest BCUT2D eigenvalue weighted by Crippen LogP contribution is 2.37. The van der Waals surface area contributed by atoms with Crippen LogP contribution in [-0.4, -0.2) is 13.1 Å². The third kappa shape index (κ3) is 3.48. The molecule has 0 aromatic heterocycles. The molecule has 0 aromatic carbocycles. The summed E-state index contributed by atoms with van der Waals surface area (Å²) in [7, 11) is 2.16. The molecule has 2 saturated carbocycles. The fourth-order valence-corrected chi connectivity index (χ4v) is 3.13. The summed E-state index contributed by atoms with van der Waals surface area (Å²) in [5.41, 5.74) is 0. The second kappa shape index (κ2) is 5.34. The highest BCUT2D eigenvalue weighted by Gasteiger charge is 2.27. The molecule has 1 unspecified atom stereocenters. The van der Waals surface area contributed by atoms with Crippen LogP contribution in [0, 0.1) is 17.8 Å². The van der Waals surface area contributed by atoms with E-state index in [1.54, 1.807) is 0 Å². The predicted molar refractivity (Wildman–Crippen MR) is 65.9 cm³/mol. The van der Waals surface area contributed by atoms with E-state index >= 15 is 0 Å². The summed E-state index contributed by atoms with van der Waals surface area (Å²) < 4.78 is 0. The molecule has 15 heavy (non-hydrogen) atoms. The second-order valence-corrected chi connectivity index (χ2v) is 5.94. The van der Waals surface area contributed by atoms with E-state index < -0.39 is 0 Å². The van der Waals surface area contributed by atoms with E-state index in [1.807, 2.05) is 0 Å². The zero-order valence-electron chi connectivity index (χ0n) is 10.5. The normalized spacial score (nSPS) is 34.0. The van der Waals surface area contributed by atoms with Gasteiger partial charge in [0.25, 0.3) is 0 Å². The summed E-state index contributed by atoms with van der Waals surface area (Å²) in [5, 5.41) is 3.57. The van der Waals surface area contributed by atoms with Gasteiger partial charge in [0.05, 0.1) is 0 Å². The zero-order chi connectivity index (χ0) is 10.7. The molecule has 0 heterocycles. The number of rotatable bonds is 5. The van der Waals surface area contributed by atoms with Gasteiger partial charge in [-0.15, -0.1) is 0 Å². The van der Waals surface area contributed by atoms with Gasteiger partial charge in [0, 0.05) is 6.04 Å². The van der Waals surface area contributed by atoms with Crippen molar-refractivity contribution in [1.82, 2.24) is 5.32 Å². The molecule has 1 N–H and O–H groups in total. The maximum Gasteiger partial charge on any atom is 0.00924 e. The van der Waals surface area contributed by atoms with Crippen LogP contribution in [0.1, 0.15) is 58.3 Å². The SMILES string of the molecule is CNC(CCC1CC1)C1CCC(C)CC1. The van der Waals surface area contributed by atoms with Crippen molar-refractivity contribution in [3.05, 3.63) is 0 Å². The Labute approximate surface area is 95.0 Å². The summed E-state index contributed by atoms with van der Waals surface area (Å²) in [4.78, 5) is 0. The molecule has 0 saturated heterocycles. The van der Waals surface area contributed by atoms with Crippen LogP contribution in [0.25, 0.3) is 0 Å². The Balaban J connectivity index is 1.72. The van der Waals surface area contributed by atoms with Crippen molar-refractivity contribution in [1.29, 1.82) is 0 Å². The van der Waals surface area contributed by atoms with Crippen LogP contribution in [-0.2, 0) is 0 Å². The monoisotopic (exact) mass is 209 g/mol. The van der Waals surface area contributed by atoms with Crippen molar-refractivity contribution in [3.63, 3.8) is 0 Å². The largest absolute Gasteiger partial charge is 0.317 e. The molecular weight excluding hydrogens is 182 g/mol. The van der Waals surface area contributed by atoms with Gasteiger partial charge in [-0.05, 0) is 50.5 Å². The molecule has 0 spiro atoms. The minimum Gasteiger partial charge on any atom is -0.317 e. The lowest BCUT2D eigenvalue weighted by molar-refractivity contribution is 0.225. The van der Waals surface area contributed by atoms with Crippen molar-refractivity contribution >= 4 is 0 Å². The third-order valence-electron chi connectivity index (χ3n) is 4.58. The van der Waals surface area contributed by atoms with Crippen molar-refractivity contribution in [2.45, 2.75) is 64.3 Å². The van der Waals surface area contributed by atoms with Crippen LogP contribution in [0.5, 0.6) is 0 Å². The first-order chi connectivity index (χ1) is 7.29. The summed E-state index contributed by atoms with van der Waals surface area (Å²) in [6.07, 6.45) is 11.8. The van der Waals surface area contributed by atoms with E-state index in [0.29, 0.717) is 0 Å². The lowest BCUT2D eigenvalue weighted by Crippen LogP contribution is -2.35. The first-order valence-electron chi connectivity index (χ1n) is 6.97. The smallest absolute Gasteiger partial charge is 0.00924 e. The first-order valence-corrected chi connectivity index (χ1v) is 6.97. The van der Waals surface area contributed by atoms with Gasteiger partial charge in [-0.25, -0.2) is 0 Å². The molecule has 2 aliphatic carbocycles. The number of hydrogen-bond acceptors (Lipinski definition) is 1. The predicted octanol–water partition coefficient (Wildman–Crippen LogP) is 3.59. The lowest BCUT2D eigenvalue weighted by Gasteiger charge is -2.32. The highest BCUT2D eigenvalue weighted by atomic mass is 14.9. The topological polar surface area (TPSA) is 12.0 Å². The van der Waals surface area contributed by atoms with Crippen LogP contribution in [0.3, 0.4) is 0 Å². The van der Waals surface area contributed by atoms with E-state index in [1.165, 1.54) is 51.4 Å². The highest BCUT2D eigenvalue weighted by molar-refractivity contribution is 4.83. The van der Waals surface area contributed by atoms with Crippen LogP contribution in [0.15, 0.2) is 0 Å². The van der Waals surface area contributed by atoms with Gasteiger partial charge in [-0.2, -0.15) is 0 Å². The van der Waals surface area contributed by atoms with Gasteiger partial charge in [0.2, 0.25) is 0 Å². The molecule has 0 bridgehead atoms. The third-order valence-corrected chi connectivity index (χ3v) is 4.58. The van der Waals surface area contributed by atoms with Crippen LogP contribution in [0.4, 0.5) is 0 Å². The Hall–Kier alpha value is -0.0400. The molecule has 0 aromatic rings. The van der Waals surface area contributed by atoms with Gasteiger partial charge < -0.3 is 5.32 Å². The molecule has 1 heteroatoms. The fraction of sp³-hybridized carbons (Fsp3) is 1.00. The molecule has 0 amide bonds. The second-order valence-electron chi connectivity index (χ2n) is 5.94. The molecule has 2 rings (SSSR count). The average Bonchev–Trinajstić information content (AvgIpc) is 3.05. The summed E-state index contributed by atoms with van der Waals surface area (Å²) >= 11 is 0. The number of hydrogen-bond donors (Lipinski definition) is 1. The fourth-order valence-electron chi connectivity index (χ4n) is 3.13.